The second-order valence-electron chi connectivity index (χ2n) is 8.93. The lowest BCUT2D eigenvalue weighted by atomic mass is 10.2. The highest BCUT2D eigenvalue weighted by Gasteiger charge is 2.29. The summed E-state index contributed by atoms with van der Waals surface area (Å²) in [6.45, 7) is 1.50. The van der Waals surface area contributed by atoms with Gasteiger partial charge in [-0.1, -0.05) is 18.2 Å². The first kappa shape index (κ1) is 27.7. The first-order valence-corrected chi connectivity index (χ1v) is 15.7. The Kier molecular flexibility index (Phi) is 8.77. The van der Waals surface area contributed by atoms with Crippen LogP contribution in [0.25, 0.3) is 12.3 Å². The van der Waals surface area contributed by atoms with E-state index < -0.39 is 25.5 Å². The van der Waals surface area contributed by atoms with Gasteiger partial charge in [-0.25, -0.2) is 26.8 Å². The molecule has 0 aliphatic carbocycles. The number of ether oxygens (including phenoxy) is 1. The maximum Gasteiger partial charge on any atom is 0.238 e. The van der Waals surface area contributed by atoms with E-state index in [9.17, 15) is 16.8 Å². The minimum atomic E-state index is -3.62. The summed E-state index contributed by atoms with van der Waals surface area (Å²) in [5, 5.41) is 11.2. The molecular formula is C26H31N5O5S2. The van der Waals surface area contributed by atoms with Crippen molar-refractivity contribution in [2.75, 3.05) is 37.0 Å². The molecule has 2 aromatic carbocycles. The first-order valence-electron chi connectivity index (χ1n) is 12.1. The summed E-state index contributed by atoms with van der Waals surface area (Å²) >= 11 is 0. The molecule has 3 aromatic rings. The van der Waals surface area contributed by atoms with Crippen molar-refractivity contribution in [2.45, 2.75) is 28.5 Å². The van der Waals surface area contributed by atoms with Crippen molar-refractivity contribution in [1.82, 2.24) is 20.6 Å². The van der Waals surface area contributed by atoms with Gasteiger partial charge in [-0.3, -0.25) is 0 Å². The largest absolute Gasteiger partial charge is 0.341 e. The molecule has 202 valence electrons. The number of sulfone groups is 2. The van der Waals surface area contributed by atoms with Crippen LogP contribution in [0.5, 0.6) is 0 Å². The Morgan fingerprint density at radius 3 is 2.42 bits per heavy atom. The monoisotopic (exact) mass is 557 g/mol. The van der Waals surface area contributed by atoms with Gasteiger partial charge in [-0.15, -0.1) is 0 Å². The van der Waals surface area contributed by atoms with Gasteiger partial charge in [0, 0.05) is 42.2 Å². The van der Waals surface area contributed by atoms with Crippen LogP contribution in [0.3, 0.4) is 0 Å². The van der Waals surface area contributed by atoms with Crippen molar-refractivity contribution < 1.29 is 21.6 Å². The minimum absolute atomic E-state index is 0.109. The van der Waals surface area contributed by atoms with Crippen molar-refractivity contribution in [1.29, 1.82) is 0 Å². The Hall–Kier alpha value is -3.32. The van der Waals surface area contributed by atoms with Gasteiger partial charge in [0.15, 0.2) is 0 Å². The highest BCUT2D eigenvalue weighted by Crippen LogP contribution is 2.24. The molecule has 0 saturated heterocycles. The van der Waals surface area contributed by atoms with Crippen LogP contribution in [0.1, 0.15) is 12.8 Å². The Bertz CT molecular complexity index is 1560. The molecule has 4 rings (SSSR count). The third-order valence-electron chi connectivity index (χ3n) is 5.83. The summed E-state index contributed by atoms with van der Waals surface area (Å²) in [4.78, 5) is 8.78. The lowest BCUT2D eigenvalue weighted by molar-refractivity contribution is 0.0100. The maximum atomic E-state index is 12.9. The van der Waals surface area contributed by atoms with E-state index in [4.69, 9.17) is 4.74 Å². The average Bonchev–Trinajstić information content (AvgIpc) is 2.90. The standard InChI is InChI=1S/C26H31N5O5S2/c1-37(32,33)16-14-27-13-5-6-15-36-26(17-21-18-28-20-29-25(21)19-30-26)31-22-9-11-24(12-10-22)38(34,35)23-7-3-2-4-8-23/h2-4,7-12,17-20,27,30-31H,5-6,13-16H2,1H3. The number of hydrogen-bond donors (Lipinski definition) is 3. The summed E-state index contributed by atoms with van der Waals surface area (Å²) in [6.07, 6.45) is 9.51. The molecule has 1 aliphatic heterocycles. The van der Waals surface area contributed by atoms with Gasteiger partial charge in [-0.05, 0) is 55.8 Å². The van der Waals surface area contributed by atoms with Gasteiger partial charge in [-0.2, -0.15) is 0 Å². The van der Waals surface area contributed by atoms with Gasteiger partial charge < -0.3 is 20.7 Å². The third-order valence-corrected chi connectivity index (χ3v) is 8.56. The average molecular weight is 558 g/mol. The molecule has 38 heavy (non-hydrogen) atoms. The lowest BCUT2D eigenvalue weighted by Crippen LogP contribution is -2.56. The van der Waals surface area contributed by atoms with E-state index in [-0.39, 0.29) is 15.5 Å². The van der Waals surface area contributed by atoms with Crippen LogP contribution in [0.2, 0.25) is 0 Å². The number of hydrogen-bond acceptors (Lipinski definition) is 10. The summed E-state index contributed by atoms with van der Waals surface area (Å²) < 4.78 is 54.6. The zero-order chi connectivity index (χ0) is 27.1. The van der Waals surface area contributed by atoms with Crippen molar-refractivity contribution >= 4 is 37.6 Å². The molecule has 1 unspecified atom stereocenters. The van der Waals surface area contributed by atoms with E-state index in [0.29, 0.717) is 25.4 Å². The summed E-state index contributed by atoms with van der Waals surface area (Å²) in [5.74, 6) is -1.00. The van der Waals surface area contributed by atoms with Crippen LogP contribution in [-0.4, -0.2) is 64.4 Å². The van der Waals surface area contributed by atoms with E-state index in [1.807, 2.05) is 6.08 Å². The third kappa shape index (κ3) is 7.38. The number of anilines is 1. The van der Waals surface area contributed by atoms with Crippen LogP contribution in [0.4, 0.5) is 5.69 Å². The number of nitrogens with zero attached hydrogens (tertiary/aromatic N) is 2. The molecular weight excluding hydrogens is 526 g/mol. The summed E-state index contributed by atoms with van der Waals surface area (Å²) in [6, 6.07) is 14.8. The van der Waals surface area contributed by atoms with E-state index in [1.165, 1.54) is 12.6 Å². The zero-order valence-corrected chi connectivity index (χ0v) is 22.6. The van der Waals surface area contributed by atoms with Gasteiger partial charge >= 0.3 is 0 Å². The second-order valence-corrected chi connectivity index (χ2v) is 13.1. The molecule has 12 heteroatoms. The Morgan fingerprint density at radius 1 is 0.947 bits per heavy atom. The van der Waals surface area contributed by atoms with E-state index in [0.717, 1.165) is 23.4 Å². The molecule has 0 amide bonds. The summed E-state index contributed by atoms with van der Waals surface area (Å²) in [7, 11) is -6.60. The number of aromatic nitrogens is 2. The predicted octanol–water partition coefficient (Wildman–Crippen LogP) is 0.628. The number of rotatable bonds is 13. The molecule has 0 bridgehead atoms. The molecule has 0 fully saturated rings. The molecule has 0 radical (unpaired) electrons. The fourth-order valence-electron chi connectivity index (χ4n) is 3.84. The Balaban J connectivity index is 1.44. The van der Waals surface area contributed by atoms with E-state index in [1.54, 1.807) is 67.0 Å². The molecule has 10 nitrogen and oxygen atoms in total. The van der Waals surface area contributed by atoms with E-state index >= 15 is 0 Å². The molecule has 0 spiro atoms. The molecule has 1 aromatic heterocycles. The van der Waals surface area contributed by atoms with Crippen LogP contribution in [0.15, 0.2) is 76.9 Å². The van der Waals surface area contributed by atoms with Crippen molar-refractivity contribution in [2.24, 2.45) is 0 Å². The predicted molar refractivity (Wildman–Crippen MR) is 146 cm³/mol. The number of unbranched alkanes of at least 4 members (excludes halogenated alkanes) is 1. The summed E-state index contributed by atoms with van der Waals surface area (Å²) in [5.41, 5.74) is 0.650. The van der Waals surface area contributed by atoms with Gasteiger partial charge in [0.05, 0.1) is 27.5 Å². The van der Waals surface area contributed by atoms with Crippen LogP contribution in [-0.2, 0) is 24.4 Å². The zero-order valence-electron chi connectivity index (χ0n) is 21.0. The fraction of sp³-hybridized carbons (Fsp3) is 0.308. The lowest BCUT2D eigenvalue weighted by Gasteiger charge is -2.34. The van der Waals surface area contributed by atoms with Crippen molar-refractivity contribution in [3.63, 3.8) is 0 Å². The van der Waals surface area contributed by atoms with Crippen molar-refractivity contribution in [3.8, 4) is 0 Å². The number of fused-ring (bicyclic) bond motifs is 1. The normalized spacial score (nSPS) is 17.0. The fourth-order valence-corrected chi connectivity index (χ4v) is 5.64. The molecule has 2 heterocycles. The quantitative estimate of drug-likeness (QED) is 0.203. The first-order chi connectivity index (χ1) is 18.2. The SMILES string of the molecule is CS(=O)(=O)CCNCCCCOC1(Nc2ccc(S(=O)(=O)c3ccccc3)cc2)C=c2cncnc2=CN1. The maximum absolute atomic E-state index is 12.9. The minimum Gasteiger partial charge on any atom is -0.341 e. The van der Waals surface area contributed by atoms with Crippen LogP contribution < -0.4 is 26.5 Å². The Morgan fingerprint density at radius 2 is 1.68 bits per heavy atom. The molecule has 3 N–H and O–H groups in total. The van der Waals surface area contributed by atoms with Crippen molar-refractivity contribution in [3.05, 3.63) is 77.7 Å². The molecule has 1 aliphatic rings. The Labute approximate surface area is 222 Å². The smallest absolute Gasteiger partial charge is 0.238 e. The van der Waals surface area contributed by atoms with Crippen LogP contribution >= 0.6 is 0 Å². The molecule has 0 saturated carbocycles. The number of benzene rings is 2. The van der Waals surface area contributed by atoms with Crippen LogP contribution in [0, 0.1) is 0 Å². The molecule has 1 atom stereocenters. The highest BCUT2D eigenvalue weighted by atomic mass is 32.2. The van der Waals surface area contributed by atoms with E-state index in [2.05, 4.69) is 25.9 Å². The van der Waals surface area contributed by atoms with Gasteiger partial charge in [0.2, 0.25) is 15.7 Å². The second kappa shape index (κ2) is 12.0. The number of nitrogens with one attached hydrogen (secondary N) is 3. The van der Waals surface area contributed by atoms with Gasteiger partial charge in [0.25, 0.3) is 0 Å². The highest BCUT2D eigenvalue weighted by molar-refractivity contribution is 7.91. The van der Waals surface area contributed by atoms with Gasteiger partial charge in [0.1, 0.15) is 16.2 Å². The topological polar surface area (TPSA) is 139 Å².